The van der Waals surface area contributed by atoms with Gasteiger partial charge in [-0.15, -0.1) is 0 Å². The van der Waals surface area contributed by atoms with Crippen LogP contribution in [0.5, 0.6) is 0 Å². The molecule has 0 aliphatic carbocycles. The molecule has 19 heavy (non-hydrogen) atoms. The summed E-state index contributed by atoms with van der Waals surface area (Å²) in [7, 11) is 0. The molecule has 102 valence electrons. The Balaban J connectivity index is 1.79. The predicted octanol–water partition coefficient (Wildman–Crippen LogP) is 1.10. The number of carbonyl (C=O) groups excluding carboxylic acids is 1. The lowest BCUT2D eigenvalue weighted by molar-refractivity contribution is -0.145. The van der Waals surface area contributed by atoms with Crippen LogP contribution in [0, 0.1) is 0 Å². The first-order valence-corrected chi connectivity index (χ1v) is 6.95. The summed E-state index contributed by atoms with van der Waals surface area (Å²) in [6.45, 7) is 5.62. The van der Waals surface area contributed by atoms with Gasteiger partial charge in [0.25, 0.3) is 0 Å². The Hall–Kier alpha value is -1.49. The number of esters is 1. The van der Waals surface area contributed by atoms with Crippen LogP contribution in [-0.4, -0.2) is 39.5 Å². The molecule has 1 aromatic heterocycles. The number of hydrogen-bond donors (Lipinski definition) is 0. The van der Waals surface area contributed by atoms with Gasteiger partial charge in [-0.25, -0.2) is 9.97 Å². The van der Waals surface area contributed by atoms with E-state index in [2.05, 4.69) is 21.8 Å². The van der Waals surface area contributed by atoms with Crippen LogP contribution in [-0.2, 0) is 28.9 Å². The Morgan fingerprint density at radius 1 is 1.53 bits per heavy atom. The first kappa shape index (κ1) is 12.5. The number of hydrogen-bond acceptors (Lipinski definition) is 5. The maximum absolute atomic E-state index is 11.8. The van der Waals surface area contributed by atoms with Gasteiger partial charge in [-0.3, -0.25) is 9.69 Å². The highest BCUT2D eigenvalue weighted by Crippen LogP contribution is 2.25. The van der Waals surface area contributed by atoms with Gasteiger partial charge in [0.2, 0.25) is 0 Å². The third kappa shape index (κ3) is 2.34. The topological polar surface area (TPSA) is 55.3 Å². The summed E-state index contributed by atoms with van der Waals surface area (Å²) in [5.74, 6) is 0.795. The summed E-state index contributed by atoms with van der Waals surface area (Å²) in [5, 5.41) is 0. The van der Waals surface area contributed by atoms with Gasteiger partial charge in [0, 0.05) is 32.1 Å². The number of rotatable bonds is 2. The Morgan fingerprint density at radius 2 is 2.37 bits per heavy atom. The molecule has 1 saturated heterocycles. The molecular weight excluding hydrogens is 242 g/mol. The summed E-state index contributed by atoms with van der Waals surface area (Å²) >= 11 is 0. The minimum atomic E-state index is -0.0943. The maximum Gasteiger partial charge on any atom is 0.323 e. The van der Waals surface area contributed by atoms with Gasteiger partial charge in [0.05, 0.1) is 5.69 Å². The van der Waals surface area contributed by atoms with E-state index in [4.69, 9.17) is 4.74 Å². The molecule has 0 N–H and O–H groups in total. The van der Waals surface area contributed by atoms with Crippen LogP contribution in [0.4, 0.5) is 0 Å². The van der Waals surface area contributed by atoms with Crippen molar-refractivity contribution < 1.29 is 9.53 Å². The minimum Gasteiger partial charge on any atom is -0.461 e. The van der Waals surface area contributed by atoms with Gasteiger partial charge in [-0.2, -0.15) is 0 Å². The van der Waals surface area contributed by atoms with Gasteiger partial charge >= 0.3 is 5.97 Å². The lowest BCUT2D eigenvalue weighted by Crippen LogP contribution is -2.42. The number of carbonyl (C=O) groups is 1. The fourth-order valence-corrected chi connectivity index (χ4v) is 2.83. The van der Waals surface area contributed by atoms with E-state index < -0.39 is 0 Å². The smallest absolute Gasteiger partial charge is 0.323 e. The normalized spacial score (nSPS) is 27.2. The molecule has 0 bridgehead atoms. The molecule has 2 aliphatic rings. The van der Waals surface area contributed by atoms with Crippen LogP contribution < -0.4 is 0 Å². The second kappa shape index (κ2) is 4.89. The van der Waals surface area contributed by atoms with E-state index >= 15 is 0 Å². The van der Waals surface area contributed by atoms with Crippen molar-refractivity contribution >= 4 is 5.97 Å². The van der Waals surface area contributed by atoms with E-state index in [-0.39, 0.29) is 18.1 Å². The molecule has 0 spiro atoms. The highest BCUT2D eigenvalue weighted by Gasteiger charge is 2.37. The Morgan fingerprint density at radius 3 is 3.05 bits per heavy atom. The second-order valence-corrected chi connectivity index (χ2v) is 5.33. The molecule has 5 heteroatoms. The summed E-state index contributed by atoms with van der Waals surface area (Å²) in [6.07, 6.45) is 4.52. The van der Waals surface area contributed by atoms with Crippen molar-refractivity contribution in [2.45, 2.75) is 51.8 Å². The number of aryl methyl sites for hydroxylation is 1. The van der Waals surface area contributed by atoms with Gasteiger partial charge in [-0.05, 0) is 18.9 Å². The third-order valence-corrected chi connectivity index (χ3v) is 3.93. The highest BCUT2D eigenvalue weighted by molar-refractivity contribution is 5.78. The molecule has 0 radical (unpaired) electrons. The quantitative estimate of drug-likeness (QED) is 0.746. The van der Waals surface area contributed by atoms with Gasteiger partial charge in [0.1, 0.15) is 18.0 Å². The summed E-state index contributed by atoms with van der Waals surface area (Å²) in [4.78, 5) is 22.9. The average molecular weight is 261 g/mol. The van der Waals surface area contributed by atoms with E-state index in [0.717, 1.165) is 43.9 Å². The first-order chi connectivity index (χ1) is 9.17. The van der Waals surface area contributed by atoms with Gasteiger partial charge < -0.3 is 4.74 Å². The molecule has 0 unspecified atom stereocenters. The Labute approximate surface area is 113 Å². The zero-order valence-electron chi connectivity index (χ0n) is 11.4. The summed E-state index contributed by atoms with van der Waals surface area (Å²) in [5.41, 5.74) is 2.29. The summed E-state index contributed by atoms with van der Waals surface area (Å²) < 4.78 is 5.25. The highest BCUT2D eigenvalue weighted by atomic mass is 16.6. The van der Waals surface area contributed by atoms with E-state index in [1.807, 2.05) is 13.1 Å². The molecule has 1 fully saturated rings. The fourth-order valence-electron chi connectivity index (χ4n) is 2.83. The van der Waals surface area contributed by atoms with Crippen LogP contribution in [0.1, 0.15) is 37.4 Å². The third-order valence-electron chi connectivity index (χ3n) is 3.93. The van der Waals surface area contributed by atoms with Crippen molar-refractivity contribution in [1.82, 2.24) is 14.9 Å². The van der Waals surface area contributed by atoms with Gasteiger partial charge in [0.15, 0.2) is 0 Å². The molecule has 3 heterocycles. The SMILES string of the molecule is CCc1ncc2c(n1)CN([C@H]1C[C@@H](C)OC1=O)CC2. The number of nitrogens with zero attached hydrogens (tertiary/aromatic N) is 3. The molecular formula is C14H19N3O2. The van der Waals surface area contributed by atoms with E-state index in [1.54, 1.807) is 0 Å². The molecule has 2 aliphatic heterocycles. The van der Waals surface area contributed by atoms with Crippen molar-refractivity contribution in [3.63, 3.8) is 0 Å². The molecule has 1 aromatic rings. The van der Waals surface area contributed by atoms with Crippen LogP contribution in [0.2, 0.25) is 0 Å². The lowest BCUT2D eigenvalue weighted by Gasteiger charge is -2.30. The Bertz CT molecular complexity index is 503. The standard InChI is InChI=1S/C14H19N3O2/c1-3-13-15-7-10-4-5-17(8-11(10)16-13)12-6-9(2)19-14(12)18/h7,9,12H,3-6,8H2,1-2H3/t9-,12+/m1/s1. The first-order valence-electron chi connectivity index (χ1n) is 6.95. The van der Waals surface area contributed by atoms with Crippen LogP contribution >= 0.6 is 0 Å². The maximum atomic E-state index is 11.8. The zero-order valence-corrected chi connectivity index (χ0v) is 11.4. The van der Waals surface area contributed by atoms with Gasteiger partial charge in [-0.1, -0.05) is 6.92 Å². The largest absolute Gasteiger partial charge is 0.461 e. The van der Waals surface area contributed by atoms with E-state index in [0.29, 0.717) is 0 Å². The number of aromatic nitrogens is 2. The molecule has 0 amide bonds. The predicted molar refractivity (Wildman–Crippen MR) is 69.5 cm³/mol. The van der Waals surface area contributed by atoms with Crippen molar-refractivity contribution in [3.8, 4) is 0 Å². The van der Waals surface area contributed by atoms with Crippen LogP contribution in [0.15, 0.2) is 6.20 Å². The number of fused-ring (bicyclic) bond motifs is 1. The minimum absolute atomic E-state index is 0.0375. The second-order valence-electron chi connectivity index (χ2n) is 5.33. The molecule has 2 atom stereocenters. The van der Waals surface area contributed by atoms with Crippen molar-refractivity contribution in [3.05, 3.63) is 23.3 Å². The lowest BCUT2D eigenvalue weighted by atomic mass is 10.0. The monoisotopic (exact) mass is 261 g/mol. The van der Waals surface area contributed by atoms with Crippen molar-refractivity contribution in [1.29, 1.82) is 0 Å². The zero-order chi connectivity index (χ0) is 13.4. The fraction of sp³-hybridized carbons (Fsp3) is 0.643. The molecule has 5 nitrogen and oxygen atoms in total. The molecule has 0 saturated carbocycles. The van der Waals surface area contributed by atoms with Crippen molar-refractivity contribution in [2.24, 2.45) is 0 Å². The molecule has 0 aromatic carbocycles. The van der Waals surface area contributed by atoms with Crippen LogP contribution in [0.25, 0.3) is 0 Å². The number of cyclic esters (lactones) is 1. The number of ether oxygens (including phenoxy) is 1. The van der Waals surface area contributed by atoms with Crippen molar-refractivity contribution in [2.75, 3.05) is 6.54 Å². The Kier molecular flexibility index (Phi) is 3.22. The summed E-state index contributed by atoms with van der Waals surface area (Å²) in [6, 6.07) is -0.0943. The van der Waals surface area contributed by atoms with E-state index in [9.17, 15) is 4.79 Å². The average Bonchev–Trinajstić information content (AvgIpc) is 2.76. The van der Waals surface area contributed by atoms with E-state index in [1.165, 1.54) is 5.56 Å². The molecule has 3 rings (SSSR count). The van der Waals surface area contributed by atoms with Crippen LogP contribution in [0.3, 0.4) is 0 Å².